The zero-order chi connectivity index (χ0) is 20.9. The first kappa shape index (κ1) is 20.4. The molecule has 0 bridgehead atoms. The highest BCUT2D eigenvalue weighted by Crippen LogP contribution is 2.40. The van der Waals surface area contributed by atoms with Crippen LogP contribution in [0.1, 0.15) is 40.2 Å². The van der Waals surface area contributed by atoms with Crippen molar-refractivity contribution in [2.45, 2.75) is 35.0 Å². The van der Waals surface area contributed by atoms with Crippen molar-refractivity contribution in [2.75, 3.05) is 13.7 Å². The molecule has 0 N–H and O–H groups in total. The third-order valence-electron chi connectivity index (χ3n) is 5.25. The second-order valence-electron chi connectivity index (χ2n) is 7.16. The monoisotopic (exact) mass is 423 g/mol. The first-order valence-electron chi connectivity index (χ1n) is 9.85. The molecule has 3 aromatic rings. The summed E-state index contributed by atoms with van der Waals surface area (Å²) in [5, 5.41) is 0. The first-order chi connectivity index (χ1) is 14.6. The van der Waals surface area contributed by atoms with E-state index >= 15 is 0 Å². The summed E-state index contributed by atoms with van der Waals surface area (Å²) in [4.78, 5) is 18.0. The van der Waals surface area contributed by atoms with Gasteiger partial charge in [0.1, 0.15) is 11.6 Å². The zero-order valence-electron chi connectivity index (χ0n) is 16.6. The van der Waals surface area contributed by atoms with Gasteiger partial charge in [-0.15, -0.1) is 0 Å². The predicted molar refractivity (Wildman–Crippen MR) is 114 cm³/mol. The van der Waals surface area contributed by atoms with Gasteiger partial charge in [-0.3, -0.25) is 4.98 Å². The highest BCUT2D eigenvalue weighted by Gasteiger charge is 2.23. The number of hydrogen-bond donors (Lipinski definition) is 0. The average Bonchev–Trinajstić information content (AvgIpc) is 2.77. The minimum Gasteiger partial charge on any atom is -0.493 e. The summed E-state index contributed by atoms with van der Waals surface area (Å²) in [5.74, 6) is 0.648. The van der Waals surface area contributed by atoms with Gasteiger partial charge in [0.2, 0.25) is 0 Å². The number of aromatic nitrogens is 1. The molecule has 0 spiro atoms. The molecular formula is C24H22FNO3S. The van der Waals surface area contributed by atoms with Gasteiger partial charge in [-0.05, 0) is 72.7 Å². The van der Waals surface area contributed by atoms with Crippen LogP contribution in [0.2, 0.25) is 0 Å². The van der Waals surface area contributed by atoms with E-state index in [9.17, 15) is 9.18 Å². The Labute approximate surface area is 179 Å². The maximum atomic E-state index is 13.4. The van der Waals surface area contributed by atoms with Gasteiger partial charge in [0.05, 0.1) is 19.3 Å². The van der Waals surface area contributed by atoms with Gasteiger partial charge in [-0.1, -0.05) is 23.9 Å². The van der Waals surface area contributed by atoms with Crippen LogP contribution in [0.25, 0.3) is 0 Å². The van der Waals surface area contributed by atoms with E-state index in [1.165, 1.54) is 36.6 Å². The van der Waals surface area contributed by atoms with Gasteiger partial charge in [0.25, 0.3) is 0 Å². The van der Waals surface area contributed by atoms with Crippen LogP contribution in [-0.4, -0.2) is 24.7 Å². The lowest BCUT2D eigenvalue weighted by Gasteiger charge is -2.26. The molecule has 0 fully saturated rings. The summed E-state index contributed by atoms with van der Waals surface area (Å²) in [6.07, 6.45) is 5.91. The van der Waals surface area contributed by atoms with Crippen LogP contribution in [0.15, 0.2) is 70.7 Å². The van der Waals surface area contributed by atoms with Crippen LogP contribution in [-0.2, 0) is 11.2 Å². The van der Waals surface area contributed by atoms with Gasteiger partial charge < -0.3 is 9.47 Å². The number of benzene rings is 2. The number of esters is 1. The summed E-state index contributed by atoms with van der Waals surface area (Å²) in [5.41, 5.74) is 2.64. The summed E-state index contributed by atoms with van der Waals surface area (Å²) in [6.45, 7) is 0.655. The standard InChI is InChI=1S/C24H22FNO3S/c1-28-24(27)22-9-11-26-15-17(22)6-5-16-10-12-29-23-14-20(7-8-21(16)23)30-19-4-2-3-18(25)13-19/h2-4,7-9,11,13-16H,5-6,10,12H2,1H3/t16-/m1/s1. The molecule has 1 atom stereocenters. The normalized spacial score (nSPS) is 15.2. The smallest absolute Gasteiger partial charge is 0.338 e. The molecule has 4 nitrogen and oxygen atoms in total. The topological polar surface area (TPSA) is 48.4 Å². The van der Waals surface area contributed by atoms with Gasteiger partial charge in [0, 0.05) is 22.2 Å². The van der Waals surface area contributed by atoms with E-state index in [4.69, 9.17) is 9.47 Å². The molecule has 1 aliphatic heterocycles. The Balaban J connectivity index is 1.49. The Kier molecular flexibility index (Phi) is 6.33. The van der Waals surface area contributed by atoms with E-state index in [-0.39, 0.29) is 11.8 Å². The Morgan fingerprint density at radius 3 is 2.93 bits per heavy atom. The van der Waals surface area contributed by atoms with E-state index in [0.29, 0.717) is 18.1 Å². The van der Waals surface area contributed by atoms with Crippen molar-refractivity contribution in [3.8, 4) is 5.75 Å². The van der Waals surface area contributed by atoms with E-state index in [1.54, 1.807) is 24.5 Å². The van der Waals surface area contributed by atoms with Crippen molar-refractivity contribution < 1.29 is 18.7 Å². The predicted octanol–water partition coefficient (Wildman–Crippen LogP) is 5.66. The van der Waals surface area contributed by atoms with E-state index in [2.05, 4.69) is 17.1 Å². The number of nitrogens with zero attached hydrogens (tertiary/aromatic N) is 1. The minimum absolute atomic E-state index is 0.240. The Bertz CT molecular complexity index is 1060. The highest BCUT2D eigenvalue weighted by molar-refractivity contribution is 7.99. The number of carbonyl (C=O) groups is 1. The fourth-order valence-corrected chi connectivity index (χ4v) is 4.63. The number of aryl methyl sites for hydroxylation is 1. The molecule has 0 amide bonds. The number of methoxy groups -OCH3 is 1. The van der Waals surface area contributed by atoms with Crippen LogP contribution < -0.4 is 4.74 Å². The molecule has 1 aliphatic rings. The molecule has 2 aromatic carbocycles. The molecule has 6 heteroatoms. The number of carbonyl (C=O) groups excluding carboxylic acids is 1. The van der Waals surface area contributed by atoms with Gasteiger partial charge in [-0.2, -0.15) is 0 Å². The first-order valence-corrected chi connectivity index (χ1v) is 10.7. The van der Waals surface area contributed by atoms with E-state index < -0.39 is 0 Å². The lowest BCUT2D eigenvalue weighted by Crippen LogP contribution is -2.15. The van der Waals surface area contributed by atoms with Crippen molar-refractivity contribution in [1.82, 2.24) is 4.98 Å². The van der Waals surface area contributed by atoms with Crippen molar-refractivity contribution in [1.29, 1.82) is 0 Å². The quantitative estimate of drug-likeness (QED) is 0.479. The molecule has 0 saturated carbocycles. The molecule has 2 heterocycles. The second-order valence-corrected chi connectivity index (χ2v) is 8.30. The van der Waals surface area contributed by atoms with E-state index in [0.717, 1.165) is 40.4 Å². The Morgan fingerprint density at radius 2 is 2.10 bits per heavy atom. The molecule has 4 rings (SSSR count). The minimum atomic E-state index is -0.334. The summed E-state index contributed by atoms with van der Waals surface area (Å²) in [6, 6.07) is 14.5. The van der Waals surface area contributed by atoms with Crippen molar-refractivity contribution >= 4 is 17.7 Å². The molecule has 0 saturated heterocycles. The maximum Gasteiger partial charge on any atom is 0.338 e. The molecular weight excluding hydrogens is 401 g/mol. The third kappa shape index (κ3) is 4.65. The largest absolute Gasteiger partial charge is 0.493 e. The fraction of sp³-hybridized carbons (Fsp3) is 0.250. The number of hydrogen-bond acceptors (Lipinski definition) is 5. The zero-order valence-corrected chi connectivity index (χ0v) is 17.5. The third-order valence-corrected chi connectivity index (χ3v) is 6.23. The molecule has 154 valence electrons. The Morgan fingerprint density at radius 1 is 1.23 bits per heavy atom. The SMILES string of the molecule is COC(=O)c1ccncc1CC[C@@H]1CCOc2cc(Sc3cccc(F)c3)ccc21. The van der Waals surface area contributed by atoms with Crippen LogP contribution in [0.4, 0.5) is 4.39 Å². The molecule has 0 unspecified atom stereocenters. The van der Waals surface area contributed by atoms with Crippen LogP contribution in [0, 0.1) is 5.82 Å². The van der Waals surface area contributed by atoms with E-state index in [1.807, 2.05) is 12.1 Å². The summed E-state index contributed by atoms with van der Waals surface area (Å²) in [7, 11) is 1.39. The van der Waals surface area contributed by atoms with Crippen molar-refractivity contribution in [2.24, 2.45) is 0 Å². The van der Waals surface area contributed by atoms with Crippen molar-refractivity contribution in [3.05, 3.63) is 83.4 Å². The summed E-state index contributed by atoms with van der Waals surface area (Å²) < 4.78 is 24.2. The van der Waals surface area contributed by atoms with Crippen molar-refractivity contribution in [3.63, 3.8) is 0 Å². The number of rotatable bonds is 6. The molecule has 0 aliphatic carbocycles. The van der Waals surface area contributed by atoms with Gasteiger partial charge in [-0.25, -0.2) is 9.18 Å². The number of ether oxygens (including phenoxy) is 2. The maximum absolute atomic E-state index is 13.4. The lowest BCUT2D eigenvalue weighted by atomic mass is 9.87. The Hall–Kier alpha value is -2.86. The second kappa shape index (κ2) is 9.30. The summed E-state index contributed by atoms with van der Waals surface area (Å²) >= 11 is 1.51. The molecule has 1 aromatic heterocycles. The van der Waals surface area contributed by atoms with Gasteiger partial charge in [0.15, 0.2) is 0 Å². The van der Waals surface area contributed by atoms with Gasteiger partial charge >= 0.3 is 5.97 Å². The number of pyridine rings is 1. The number of halogens is 1. The van der Waals surface area contributed by atoms with Crippen LogP contribution >= 0.6 is 11.8 Å². The lowest BCUT2D eigenvalue weighted by molar-refractivity contribution is 0.0599. The molecule has 0 radical (unpaired) electrons. The van der Waals surface area contributed by atoms with Crippen LogP contribution in [0.3, 0.4) is 0 Å². The van der Waals surface area contributed by atoms with Crippen LogP contribution in [0.5, 0.6) is 5.75 Å². The highest BCUT2D eigenvalue weighted by atomic mass is 32.2. The number of fused-ring (bicyclic) bond motifs is 1. The average molecular weight is 424 g/mol. The molecule has 30 heavy (non-hydrogen) atoms. The fourth-order valence-electron chi connectivity index (χ4n) is 3.74.